The molecule has 1 aromatic carbocycles. The molecular formula is C26H31F3N2O. The molecule has 0 spiro atoms. The van der Waals surface area contributed by atoms with E-state index in [1.807, 2.05) is 38.1 Å². The van der Waals surface area contributed by atoms with Crippen LogP contribution in [0.25, 0.3) is 5.57 Å². The summed E-state index contributed by atoms with van der Waals surface area (Å²) in [5.74, 6) is -0.122. The Morgan fingerprint density at radius 2 is 2.06 bits per heavy atom. The molecule has 0 aliphatic heterocycles. The first kappa shape index (κ1) is 25.4. The quantitative estimate of drug-likeness (QED) is 0.346. The highest BCUT2D eigenvalue weighted by Crippen LogP contribution is 2.33. The van der Waals surface area contributed by atoms with E-state index in [0.29, 0.717) is 31.2 Å². The number of carbonyl (C=O) groups is 1. The SMILES string of the molecule is C=C/C=C(\C=C/C)c1cc(CCCC(=O)CC(CCC)c2cccc(C(F)(F)F)c2)[nH]n1. The minimum absolute atomic E-state index is 0.0711. The fraction of sp³-hybridized carbons (Fsp3) is 0.385. The summed E-state index contributed by atoms with van der Waals surface area (Å²) in [5, 5.41) is 7.33. The number of ketones is 1. The van der Waals surface area contributed by atoms with Gasteiger partial charge in [-0.25, -0.2) is 0 Å². The molecule has 0 fully saturated rings. The molecule has 0 aliphatic carbocycles. The van der Waals surface area contributed by atoms with E-state index in [1.54, 1.807) is 12.1 Å². The number of halogens is 3. The molecular weight excluding hydrogens is 413 g/mol. The largest absolute Gasteiger partial charge is 0.416 e. The van der Waals surface area contributed by atoms with Crippen LogP contribution in [0.5, 0.6) is 0 Å². The number of H-pyrrole nitrogens is 1. The monoisotopic (exact) mass is 444 g/mol. The van der Waals surface area contributed by atoms with Gasteiger partial charge in [0.05, 0.1) is 11.3 Å². The molecule has 0 bridgehead atoms. The average Bonchev–Trinajstić information content (AvgIpc) is 3.21. The maximum atomic E-state index is 13.1. The molecule has 1 aromatic heterocycles. The van der Waals surface area contributed by atoms with E-state index < -0.39 is 11.7 Å². The Bertz CT molecular complexity index is 954. The molecule has 2 rings (SSSR count). The van der Waals surface area contributed by atoms with Crippen molar-refractivity contribution in [2.45, 2.75) is 64.5 Å². The molecule has 1 N–H and O–H groups in total. The van der Waals surface area contributed by atoms with E-state index in [4.69, 9.17) is 0 Å². The highest BCUT2D eigenvalue weighted by molar-refractivity contribution is 5.79. The fourth-order valence-corrected chi connectivity index (χ4v) is 3.73. The van der Waals surface area contributed by atoms with Gasteiger partial charge in [0.2, 0.25) is 0 Å². The molecule has 172 valence electrons. The lowest BCUT2D eigenvalue weighted by atomic mass is 9.88. The lowest BCUT2D eigenvalue weighted by Crippen LogP contribution is -2.10. The number of aromatic nitrogens is 2. The Morgan fingerprint density at radius 1 is 1.28 bits per heavy atom. The van der Waals surface area contributed by atoms with Crippen molar-refractivity contribution < 1.29 is 18.0 Å². The zero-order chi connectivity index (χ0) is 23.6. The lowest BCUT2D eigenvalue weighted by molar-refractivity contribution is -0.137. The number of allylic oxidation sites excluding steroid dienone is 5. The Hall–Kier alpha value is -2.89. The van der Waals surface area contributed by atoms with Crippen LogP contribution >= 0.6 is 0 Å². The van der Waals surface area contributed by atoms with Crippen molar-refractivity contribution in [1.82, 2.24) is 10.2 Å². The number of hydrogen-bond donors (Lipinski definition) is 1. The molecule has 1 atom stereocenters. The van der Waals surface area contributed by atoms with Crippen LogP contribution in [0.3, 0.4) is 0 Å². The van der Waals surface area contributed by atoms with Crippen molar-refractivity contribution in [3.63, 3.8) is 0 Å². The van der Waals surface area contributed by atoms with Crippen LogP contribution < -0.4 is 0 Å². The maximum Gasteiger partial charge on any atom is 0.416 e. The average molecular weight is 445 g/mol. The van der Waals surface area contributed by atoms with Gasteiger partial charge in [-0.2, -0.15) is 18.3 Å². The second-order valence-corrected chi connectivity index (χ2v) is 7.84. The van der Waals surface area contributed by atoms with Crippen LogP contribution in [0.1, 0.15) is 74.4 Å². The van der Waals surface area contributed by atoms with Crippen molar-refractivity contribution in [1.29, 1.82) is 0 Å². The Balaban J connectivity index is 1.95. The topological polar surface area (TPSA) is 45.8 Å². The van der Waals surface area contributed by atoms with Gasteiger partial charge in [-0.15, -0.1) is 0 Å². The molecule has 1 unspecified atom stereocenters. The van der Waals surface area contributed by atoms with Gasteiger partial charge in [0.15, 0.2) is 0 Å². The molecule has 0 saturated heterocycles. The van der Waals surface area contributed by atoms with E-state index in [2.05, 4.69) is 16.8 Å². The first-order valence-corrected chi connectivity index (χ1v) is 11.0. The third-order valence-electron chi connectivity index (χ3n) is 5.27. The standard InChI is InChI=1S/C26H31F3N2O/c1-4-9-19(10-5-2)25-18-23(30-31-25)14-8-15-24(32)17-20(11-6-3)21-12-7-13-22(16-21)26(27,28)29/h4-5,7,9-10,12-13,16,18,20H,1,6,8,11,14-15,17H2,2-3H3,(H,30,31)/b10-5-,19-9+. The summed E-state index contributed by atoms with van der Waals surface area (Å²) in [6.07, 6.45) is 6.56. The number of Topliss-reactive ketones (excluding diaryl/α,β-unsaturated/α-hetero) is 1. The summed E-state index contributed by atoms with van der Waals surface area (Å²) >= 11 is 0. The molecule has 0 aliphatic rings. The molecule has 32 heavy (non-hydrogen) atoms. The highest BCUT2D eigenvalue weighted by atomic mass is 19.4. The summed E-state index contributed by atoms with van der Waals surface area (Å²) in [7, 11) is 0. The molecule has 2 aromatic rings. The minimum Gasteiger partial charge on any atom is -0.300 e. The first-order chi connectivity index (χ1) is 15.3. The smallest absolute Gasteiger partial charge is 0.300 e. The van der Waals surface area contributed by atoms with Gasteiger partial charge in [-0.1, -0.05) is 62.4 Å². The van der Waals surface area contributed by atoms with Crippen LogP contribution in [-0.4, -0.2) is 16.0 Å². The second-order valence-electron chi connectivity index (χ2n) is 7.84. The van der Waals surface area contributed by atoms with Gasteiger partial charge >= 0.3 is 6.18 Å². The molecule has 0 saturated carbocycles. The number of aromatic amines is 1. The zero-order valence-electron chi connectivity index (χ0n) is 18.7. The Labute approximate surface area is 188 Å². The van der Waals surface area contributed by atoms with Crippen molar-refractivity contribution >= 4 is 11.4 Å². The predicted molar refractivity (Wildman–Crippen MR) is 123 cm³/mol. The summed E-state index contributed by atoms with van der Waals surface area (Å²) in [5.41, 5.74) is 2.62. The molecule has 6 heteroatoms. The molecule has 0 amide bonds. The Kier molecular flexibility index (Phi) is 9.69. The highest BCUT2D eigenvalue weighted by Gasteiger charge is 2.31. The predicted octanol–water partition coefficient (Wildman–Crippen LogP) is 7.44. The van der Waals surface area contributed by atoms with Crippen molar-refractivity contribution in [2.24, 2.45) is 0 Å². The summed E-state index contributed by atoms with van der Waals surface area (Å²) in [4.78, 5) is 12.6. The van der Waals surface area contributed by atoms with Crippen LogP contribution in [0.15, 0.2) is 61.2 Å². The van der Waals surface area contributed by atoms with Crippen LogP contribution in [-0.2, 0) is 17.4 Å². The molecule has 1 heterocycles. The van der Waals surface area contributed by atoms with Gasteiger partial charge in [0, 0.05) is 24.1 Å². The lowest BCUT2D eigenvalue weighted by Gasteiger charge is -2.18. The van der Waals surface area contributed by atoms with Gasteiger partial charge < -0.3 is 0 Å². The number of aryl methyl sites for hydroxylation is 1. The van der Waals surface area contributed by atoms with Gasteiger partial charge in [-0.05, 0) is 49.8 Å². The first-order valence-electron chi connectivity index (χ1n) is 11.0. The van der Waals surface area contributed by atoms with Crippen molar-refractivity contribution in [3.8, 4) is 0 Å². The minimum atomic E-state index is -4.38. The maximum absolute atomic E-state index is 13.1. The summed E-state index contributed by atoms with van der Waals surface area (Å²) in [6.45, 7) is 7.63. The number of benzene rings is 1. The number of carbonyl (C=O) groups excluding carboxylic acids is 1. The number of hydrogen-bond acceptors (Lipinski definition) is 2. The van der Waals surface area contributed by atoms with Gasteiger partial charge in [0.1, 0.15) is 5.78 Å². The van der Waals surface area contributed by atoms with Crippen LogP contribution in [0.2, 0.25) is 0 Å². The molecule has 3 nitrogen and oxygen atoms in total. The van der Waals surface area contributed by atoms with E-state index in [0.717, 1.165) is 29.4 Å². The van der Waals surface area contributed by atoms with Crippen molar-refractivity contribution in [3.05, 3.63) is 83.7 Å². The number of nitrogens with one attached hydrogen (secondary N) is 1. The van der Waals surface area contributed by atoms with E-state index in [1.165, 1.54) is 12.1 Å². The van der Waals surface area contributed by atoms with Gasteiger partial charge in [0.25, 0.3) is 0 Å². The van der Waals surface area contributed by atoms with E-state index >= 15 is 0 Å². The Morgan fingerprint density at radius 3 is 2.72 bits per heavy atom. The fourth-order valence-electron chi connectivity index (χ4n) is 3.73. The molecule has 0 radical (unpaired) electrons. The van der Waals surface area contributed by atoms with E-state index in [-0.39, 0.29) is 18.1 Å². The zero-order valence-corrected chi connectivity index (χ0v) is 18.7. The normalized spacial score (nSPS) is 13.5. The van der Waals surface area contributed by atoms with Crippen LogP contribution in [0.4, 0.5) is 13.2 Å². The second kappa shape index (κ2) is 12.2. The third kappa shape index (κ3) is 7.66. The number of nitrogens with zero attached hydrogens (tertiary/aromatic N) is 1. The third-order valence-corrected chi connectivity index (χ3v) is 5.27. The van der Waals surface area contributed by atoms with Crippen LogP contribution in [0, 0.1) is 0 Å². The summed E-state index contributed by atoms with van der Waals surface area (Å²) in [6, 6.07) is 7.32. The number of alkyl halides is 3. The van der Waals surface area contributed by atoms with E-state index in [9.17, 15) is 18.0 Å². The van der Waals surface area contributed by atoms with Gasteiger partial charge in [-0.3, -0.25) is 9.89 Å². The summed E-state index contributed by atoms with van der Waals surface area (Å²) < 4.78 is 39.2. The number of rotatable bonds is 12. The van der Waals surface area contributed by atoms with Crippen molar-refractivity contribution in [2.75, 3.05) is 0 Å².